The van der Waals surface area contributed by atoms with Crippen LogP contribution in [0.4, 0.5) is 4.39 Å². The Morgan fingerprint density at radius 3 is 2.53 bits per heavy atom. The highest BCUT2D eigenvalue weighted by atomic mass is 32.2. The Kier molecular flexibility index (Phi) is 8.10. The molecule has 0 amide bonds. The Bertz CT molecular complexity index is 1130. The SMILES string of the molecule is CCN(CC)S(=O)(=O)c1cccc(-c2nnc(SCCCOc3ccc(F)cc3)n2N)c1. The molecule has 0 aliphatic heterocycles. The maximum absolute atomic E-state index is 12.9. The van der Waals surface area contributed by atoms with Crippen molar-refractivity contribution in [3.8, 4) is 17.1 Å². The van der Waals surface area contributed by atoms with Crippen molar-refractivity contribution in [2.24, 2.45) is 0 Å². The van der Waals surface area contributed by atoms with Gasteiger partial charge in [0.25, 0.3) is 0 Å². The number of rotatable bonds is 11. The quantitative estimate of drug-likeness (QED) is 0.255. The van der Waals surface area contributed by atoms with E-state index < -0.39 is 10.0 Å². The van der Waals surface area contributed by atoms with Crippen LogP contribution in [0.15, 0.2) is 58.6 Å². The molecule has 2 N–H and O–H groups in total. The molecule has 0 unspecified atom stereocenters. The summed E-state index contributed by atoms with van der Waals surface area (Å²) in [5.41, 5.74) is 0.569. The molecule has 3 aromatic rings. The summed E-state index contributed by atoms with van der Waals surface area (Å²) in [7, 11) is -3.59. The first kappa shape index (κ1) is 24.0. The second kappa shape index (κ2) is 10.8. The Morgan fingerprint density at radius 1 is 1.12 bits per heavy atom. The van der Waals surface area contributed by atoms with Crippen molar-refractivity contribution in [3.63, 3.8) is 0 Å². The van der Waals surface area contributed by atoms with Crippen LogP contribution in [-0.4, -0.2) is 53.0 Å². The van der Waals surface area contributed by atoms with Crippen LogP contribution in [0.1, 0.15) is 20.3 Å². The number of benzene rings is 2. The smallest absolute Gasteiger partial charge is 0.243 e. The zero-order valence-electron chi connectivity index (χ0n) is 17.9. The number of hydrogen-bond donors (Lipinski definition) is 1. The molecule has 0 bridgehead atoms. The van der Waals surface area contributed by atoms with Gasteiger partial charge >= 0.3 is 0 Å². The van der Waals surface area contributed by atoms with Crippen molar-refractivity contribution >= 4 is 21.8 Å². The van der Waals surface area contributed by atoms with E-state index in [0.29, 0.717) is 47.7 Å². The van der Waals surface area contributed by atoms with E-state index in [4.69, 9.17) is 10.6 Å². The molecular formula is C21H26FN5O3S2. The Morgan fingerprint density at radius 2 is 1.84 bits per heavy atom. The topological polar surface area (TPSA) is 103 Å². The van der Waals surface area contributed by atoms with Gasteiger partial charge in [-0.1, -0.05) is 37.7 Å². The number of nitrogen functional groups attached to an aromatic ring is 1. The van der Waals surface area contributed by atoms with Gasteiger partial charge in [-0.3, -0.25) is 0 Å². The maximum Gasteiger partial charge on any atom is 0.243 e. The normalized spacial score (nSPS) is 11.8. The van der Waals surface area contributed by atoms with Crippen LogP contribution in [0.3, 0.4) is 0 Å². The second-order valence-electron chi connectivity index (χ2n) is 6.80. The van der Waals surface area contributed by atoms with E-state index in [1.54, 1.807) is 50.2 Å². The predicted molar refractivity (Wildman–Crippen MR) is 123 cm³/mol. The largest absolute Gasteiger partial charge is 0.494 e. The number of halogens is 1. The number of ether oxygens (including phenoxy) is 1. The van der Waals surface area contributed by atoms with E-state index in [1.807, 2.05) is 0 Å². The average molecular weight is 480 g/mol. The second-order valence-corrected chi connectivity index (χ2v) is 9.80. The van der Waals surface area contributed by atoms with Gasteiger partial charge in [0.15, 0.2) is 5.82 Å². The molecule has 172 valence electrons. The summed E-state index contributed by atoms with van der Waals surface area (Å²) in [6.45, 7) is 4.85. The van der Waals surface area contributed by atoms with Crippen LogP contribution in [-0.2, 0) is 10.0 Å². The molecule has 0 aliphatic rings. The van der Waals surface area contributed by atoms with Gasteiger partial charge in [-0.15, -0.1) is 10.2 Å². The molecule has 0 fully saturated rings. The summed E-state index contributed by atoms with van der Waals surface area (Å²) in [6, 6.07) is 12.4. The minimum Gasteiger partial charge on any atom is -0.494 e. The molecule has 0 spiro atoms. The monoisotopic (exact) mass is 479 g/mol. The molecule has 8 nitrogen and oxygen atoms in total. The fraction of sp³-hybridized carbons (Fsp3) is 0.333. The van der Waals surface area contributed by atoms with Gasteiger partial charge in [0, 0.05) is 24.4 Å². The molecule has 3 rings (SSSR count). The van der Waals surface area contributed by atoms with Crippen molar-refractivity contribution in [2.75, 3.05) is 31.3 Å². The van der Waals surface area contributed by atoms with Crippen LogP contribution >= 0.6 is 11.8 Å². The molecule has 0 saturated carbocycles. The number of thioether (sulfide) groups is 1. The molecule has 1 heterocycles. The lowest BCUT2D eigenvalue weighted by Crippen LogP contribution is -2.30. The van der Waals surface area contributed by atoms with Crippen LogP contribution in [0.25, 0.3) is 11.4 Å². The predicted octanol–water partition coefficient (Wildman–Crippen LogP) is 3.39. The molecule has 11 heteroatoms. The van der Waals surface area contributed by atoms with Gasteiger partial charge in [0.05, 0.1) is 11.5 Å². The van der Waals surface area contributed by atoms with E-state index in [0.717, 1.165) is 6.42 Å². The fourth-order valence-electron chi connectivity index (χ4n) is 3.02. The third-order valence-electron chi connectivity index (χ3n) is 4.70. The van der Waals surface area contributed by atoms with E-state index in [9.17, 15) is 12.8 Å². The van der Waals surface area contributed by atoms with Crippen LogP contribution < -0.4 is 10.6 Å². The molecule has 0 aliphatic carbocycles. The highest BCUT2D eigenvalue weighted by Gasteiger charge is 2.23. The van der Waals surface area contributed by atoms with Crippen molar-refractivity contribution in [1.82, 2.24) is 19.2 Å². The fourth-order valence-corrected chi connectivity index (χ4v) is 5.30. The maximum atomic E-state index is 12.9. The van der Waals surface area contributed by atoms with Gasteiger partial charge in [0.1, 0.15) is 11.6 Å². The van der Waals surface area contributed by atoms with Crippen molar-refractivity contribution in [1.29, 1.82) is 0 Å². The highest BCUT2D eigenvalue weighted by molar-refractivity contribution is 7.99. The summed E-state index contributed by atoms with van der Waals surface area (Å²) < 4.78 is 46.9. The van der Waals surface area contributed by atoms with Crippen molar-refractivity contribution in [2.45, 2.75) is 30.3 Å². The summed E-state index contributed by atoms with van der Waals surface area (Å²) in [6.07, 6.45) is 0.724. The lowest BCUT2D eigenvalue weighted by molar-refractivity contribution is 0.318. The highest BCUT2D eigenvalue weighted by Crippen LogP contribution is 2.25. The number of nitrogens with zero attached hydrogens (tertiary/aromatic N) is 4. The zero-order chi connectivity index (χ0) is 23.1. The molecule has 0 atom stereocenters. The Balaban J connectivity index is 1.62. The first-order valence-corrected chi connectivity index (χ1v) is 12.6. The van der Waals surface area contributed by atoms with Gasteiger partial charge in [-0.2, -0.15) is 4.31 Å². The third-order valence-corrected chi connectivity index (χ3v) is 7.78. The molecule has 0 saturated heterocycles. The average Bonchev–Trinajstić information content (AvgIpc) is 3.16. The molecule has 0 radical (unpaired) electrons. The van der Waals surface area contributed by atoms with E-state index in [-0.39, 0.29) is 10.7 Å². The summed E-state index contributed by atoms with van der Waals surface area (Å²) >= 11 is 1.42. The molecule has 1 aromatic heterocycles. The van der Waals surface area contributed by atoms with Crippen LogP contribution in [0.2, 0.25) is 0 Å². The number of aromatic nitrogens is 3. The van der Waals surface area contributed by atoms with E-state index in [1.165, 1.54) is 32.9 Å². The first-order valence-electron chi connectivity index (χ1n) is 10.2. The summed E-state index contributed by atoms with van der Waals surface area (Å²) in [5.74, 6) is 7.55. The number of nitrogens with two attached hydrogens (primary N) is 1. The summed E-state index contributed by atoms with van der Waals surface area (Å²) in [5, 5.41) is 8.78. The number of hydrogen-bond acceptors (Lipinski definition) is 7. The van der Waals surface area contributed by atoms with Gasteiger partial charge in [-0.25, -0.2) is 17.5 Å². The lowest BCUT2D eigenvalue weighted by atomic mass is 10.2. The minimum absolute atomic E-state index is 0.189. The summed E-state index contributed by atoms with van der Waals surface area (Å²) in [4.78, 5) is 0.189. The van der Waals surface area contributed by atoms with Crippen molar-refractivity contribution < 1.29 is 17.5 Å². The standard InChI is InChI=1S/C21H26FN5O3S2/c1-3-26(4-2)32(28,29)19-8-5-7-16(15-19)20-24-25-21(27(20)23)31-14-6-13-30-18-11-9-17(22)10-12-18/h5,7-12,15H,3-4,6,13-14,23H2,1-2H3. The van der Waals surface area contributed by atoms with Crippen LogP contribution in [0.5, 0.6) is 5.75 Å². The lowest BCUT2D eigenvalue weighted by Gasteiger charge is -2.18. The molecule has 2 aromatic carbocycles. The molecule has 32 heavy (non-hydrogen) atoms. The van der Waals surface area contributed by atoms with Gasteiger partial charge < -0.3 is 10.6 Å². The third kappa shape index (κ3) is 5.59. The first-order chi connectivity index (χ1) is 15.4. The van der Waals surface area contributed by atoms with Gasteiger partial charge in [0.2, 0.25) is 15.2 Å². The Labute approximate surface area is 191 Å². The molecular weight excluding hydrogens is 453 g/mol. The minimum atomic E-state index is -3.59. The van der Waals surface area contributed by atoms with E-state index in [2.05, 4.69) is 10.2 Å². The van der Waals surface area contributed by atoms with E-state index >= 15 is 0 Å². The van der Waals surface area contributed by atoms with Crippen molar-refractivity contribution in [3.05, 3.63) is 54.3 Å². The van der Waals surface area contributed by atoms with Gasteiger partial charge in [-0.05, 0) is 42.8 Å². The Hall–Kier alpha value is -2.63. The van der Waals surface area contributed by atoms with Crippen LogP contribution in [0, 0.1) is 5.82 Å². The zero-order valence-corrected chi connectivity index (χ0v) is 19.6. The number of sulfonamides is 1.